The van der Waals surface area contributed by atoms with Gasteiger partial charge in [0, 0.05) is 21.6 Å². The number of aromatic amines is 1. The van der Waals surface area contributed by atoms with Crippen molar-refractivity contribution in [3.05, 3.63) is 28.9 Å². The van der Waals surface area contributed by atoms with Crippen molar-refractivity contribution in [3.8, 4) is 5.75 Å². The molecule has 5 N–H and O–H groups in total. The number of ether oxygens (including phenoxy) is 2. The highest BCUT2D eigenvalue weighted by molar-refractivity contribution is 9.10. The van der Waals surface area contributed by atoms with E-state index in [0.29, 0.717) is 5.75 Å². The molecule has 0 aliphatic carbocycles. The number of fused-ring (bicyclic) bond motifs is 1. The van der Waals surface area contributed by atoms with Crippen LogP contribution in [0.3, 0.4) is 0 Å². The van der Waals surface area contributed by atoms with Crippen molar-refractivity contribution in [2.45, 2.75) is 30.7 Å². The summed E-state index contributed by atoms with van der Waals surface area (Å²) in [5, 5.41) is 39.4. The lowest BCUT2D eigenvalue weighted by Crippen LogP contribution is -2.60. The van der Waals surface area contributed by atoms with Gasteiger partial charge in [0.05, 0.1) is 6.61 Å². The first-order valence-electron chi connectivity index (χ1n) is 6.75. The Hall–Kier alpha value is -1.16. The molecule has 2 aromatic rings. The highest BCUT2D eigenvalue weighted by atomic mass is 79.9. The van der Waals surface area contributed by atoms with Crippen molar-refractivity contribution < 1.29 is 29.9 Å². The molecule has 2 heterocycles. The van der Waals surface area contributed by atoms with Gasteiger partial charge in [-0.05, 0) is 18.2 Å². The van der Waals surface area contributed by atoms with Gasteiger partial charge in [0.15, 0.2) is 0 Å². The number of benzene rings is 1. The molecule has 0 unspecified atom stereocenters. The van der Waals surface area contributed by atoms with E-state index in [4.69, 9.17) is 9.47 Å². The van der Waals surface area contributed by atoms with Gasteiger partial charge in [-0.25, -0.2) is 0 Å². The van der Waals surface area contributed by atoms with Crippen LogP contribution in [0.5, 0.6) is 5.75 Å². The second kappa shape index (κ2) is 6.15. The number of halogens is 1. The van der Waals surface area contributed by atoms with Crippen LogP contribution < -0.4 is 4.74 Å². The lowest BCUT2D eigenvalue weighted by Gasteiger charge is -2.39. The van der Waals surface area contributed by atoms with E-state index >= 15 is 0 Å². The van der Waals surface area contributed by atoms with Crippen LogP contribution in [0.25, 0.3) is 10.9 Å². The summed E-state index contributed by atoms with van der Waals surface area (Å²) in [5.74, 6) is 0.431. The van der Waals surface area contributed by atoms with E-state index in [1.807, 2.05) is 18.2 Å². The Morgan fingerprint density at radius 1 is 1.18 bits per heavy atom. The fraction of sp³-hybridized carbons (Fsp3) is 0.429. The number of hydrogen-bond acceptors (Lipinski definition) is 6. The zero-order chi connectivity index (χ0) is 15.9. The van der Waals surface area contributed by atoms with Crippen LogP contribution in [-0.4, -0.2) is 62.7 Å². The highest BCUT2D eigenvalue weighted by Gasteiger charge is 2.44. The quantitative estimate of drug-likeness (QED) is 0.521. The summed E-state index contributed by atoms with van der Waals surface area (Å²) in [6.07, 6.45) is -4.90. The van der Waals surface area contributed by atoms with Crippen LogP contribution >= 0.6 is 15.9 Å². The first-order valence-corrected chi connectivity index (χ1v) is 7.54. The molecule has 0 saturated carbocycles. The standard InChI is InChI=1S/C14H16BrNO6/c15-6-1-2-8-7(3-6)9(4-16-8)21-14-13(20)12(19)11(18)10(5-17)22-14/h1-4,10-14,16-20H,5H2/t10-,11-,12+,13-,14-/m0/s1. The van der Waals surface area contributed by atoms with E-state index in [-0.39, 0.29) is 0 Å². The Balaban J connectivity index is 1.85. The maximum atomic E-state index is 9.99. The molecule has 5 atom stereocenters. The van der Waals surface area contributed by atoms with Crippen LogP contribution in [0.2, 0.25) is 0 Å². The summed E-state index contributed by atoms with van der Waals surface area (Å²) < 4.78 is 11.8. The van der Waals surface area contributed by atoms with Crippen LogP contribution in [0.1, 0.15) is 0 Å². The molecule has 1 aromatic carbocycles. The minimum atomic E-state index is -1.46. The molecule has 0 amide bonds. The molecule has 1 aromatic heterocycles. The Morgan fingerprint density at radius 3 is 2.68 bits per heavy atom. The molecule has 1 saturated heterocycles. The van der Waals surface area contributed by atoms with Gasteiger partial charge in [0.25, 0.3) is 0 Å². The number of aliphatic hydroxyl groups excluding tert-OH is 4. The topological polar surface area (TPSA) is 115 Å². The molecule has 0 radical (unpaired) electrons. The second-order valence-electron chi connectivity index (χ2n) is 5.16. The van der Waals surface area contributed by atoms with Gasteiger partial charge in [-0.15, -0.1) is 0 Å². The van der Waals surface area contributed by atoms with Gasteiger partial charge < -0.3 is 34.9 Å². The third-order valence-corrected chi connectivity index (χ3v) is 4.19. The average Bonchev–Trinajstić information content (AvgIpc) is 2.90. The summed E-state index contributed by atoms with van der Waals surface area (Å²) in [6, 6.07) is 5.57. The molecule has 7 nitrogen and oxygen atoms in total. The van der Waals surface area contributed by atoms with Crippen LogP contribution in [-0.2, 0) is 4.74 Å². The number of aliphatic hydroxyl groups is 4. The molecule has 1 aliphatic rings. The van der Waals surface area contributed by atoms with Crippen molar-refractivity contribution in [2.75, 3.05) is 6.61 Å². The van der Waals surface area contributed by atoms with Crippen LogP contribution in [0.4, 0.5) is 0 Å². The molecule has 0 spiro atoms. The average molecular weight is 374 g/mol. The predicted octanol–water partition coefficient (Wildman–Crippen LogP) is 0.109. The predicted molar refractivity (Wildman–Crippen MR) is 80.4 cm³/mol. The molecule has 1 fully saturated rings. The van der Waals surface area contributed by atoms with E-state index in [1.165, 1.54) is 0 Å². The zero-order valence-electron chi connectivity index (χ0n) is 11.4. The van der Waals surface area contributed by atoms with Crippen molar-refractivity contribution in [1.29, 1.82) is 0 Å². The Bertz CT molecular complexity index is 660. The van der Waals surface area contributed by atoms with Crippen molar-refractivity contribution in [1.82, 2.24) is 4.98 Å². The summed E-state index contributed by atoms with van der Waals surface area (Å²) in [7, 11) is 0. The highest BCUT2D eigenvalue weighted by Crippen LogP contribution is 2.31. The minimum Gasteiger partial charge on any atom is -0.460 e. The Labute approximate surface area is 134 Å². The second-order valence-corrected chi connectivity index (χ2v) is 6.07. The minimum absolute atomic E-state index is 0.431. The van der Waals surface area contributed by atoms with E-state index in [0.717, 1.165) is 15.4 Å². The molecule has 120 valence electrons. The van der Waals surface area contributed by atoms with Crippen molar-refractivity contribution in [2.24, 2.45) is 0 Å². The third kappa shape index (κ3) is 2.73. The lowest BCUT2D eigenvalue weighted by atomic mass is 9.99. The smallest absolute Gasteiger partial charge is 0.229 e. The monoisotopic (exact) mass is 373 g/mol. The fourth-order valence-electron chi connectivity index (χ4n) is 2.45. The SMILES string of the molecule is OC[C@@H]1O[C@H](Oc2c[nH]c3ccc(Br)cc23)[C@@H](O)[C@H](O)[C@H]1O. The summed E-state index contributed by atoms with van der Waals surface area (Å²) in [6.45, 7) is -0.496. The van der Waals surface area contributed by atoms with Gasteiger partial charge in [0.2, 0.25) is 6.29 Å². The van der Waals surface area contributed by atoms with E-state index in [9.17, 15) is 20.4 Å². The van der Waals surface area contributed by atoms with E-state index < -0.39 is 37.3 Å². The van der Waals surface area contributed by atoms with Crippen LogP contribution in [0.15, 0.2) is 28.9 Å². The van der Waals surface area contributed by atoms with Gasteiger partial charge >= 0.3 is 0 Å². The fourth-order valence-corrected chi connectivity index (χ4v) is 2.82. The van der Waals surface area contributed by atoms with E-state index in [1.54, 1.807) is 6.20 Å². The van der Waals surface area contributed by atoms with Gasteiger partial charge in [-0.1, -0.05) is 15.9 Å². The molecule has 3 rings (SSSR count). The Morgan fingerprint density at radius 2 is 1.95 bits per heavy atom. The Kier molecular flexibility index (Phi) is 4.40. The van der Waals surface area contributed by atoms with Gasteiger partial charge in [-0.2, -0.15) is 0 Å². The largest absolute Gasteiger partial charge is 0.460 e. The first kappa shape index (κ1) is 15.7. The first-order chi connectivity index (χ1) is 10.5. The maximum Gasteiger partial charge on any atom is 0.229 e. The van der Waals surface area contributed by atoms with Crippen molar-refractivity contribution in [3.63, 3.8) is 0 Å². The molecule has 22 heavy (non-hydrogen) atoms. The molecule has 8 heteroatoms. The van der Waals surface area contributed by atoms with E-state index in [2.05, 4.69) is 20.9 Å². The number of nitrogens with one attached hydrogen (secondary N) is 1. The molecule has 1 aliphatic heterocycles. The number of rotatable bonds is 3. The molecule has 0 bridgehead atoms. The number of hydrogen-bond donors (Lipinski definition) is 5. The number of H-pyrrole nitrogens is 1. The van der Waals surface area contributed by atoms with Gasteiger partial charge in [0.1, 0.15) is 30.2 Å². The summed E-state index contributed by atoms with van der Waals surface area (Å²) >= 11 is 3.37. The van der Waals surface area contributed by atoms with Crippen LogP contribution in [0, 0.1) is 0 Å². The zero-order valence-corrected chi connectivity index (χ0v) is 13.0. The molecular formula is C14H16BrNO6. The normalized spacial score (nSPS) is 32.3. The van der Waals surface area contributed by atoms with Gasteiger partial charge in [-0.3, -0.25) is 0 Å². The molecular weight excluding hydrogens is 358 g/mol. The lowest BCUT2D eigenvalue weighted by molar-refractivity contribution is -0.277. The maximum absolute atomic E-state index is 9.99. The summed E-state index contributed by atoms with van der Waals surface area (Å²) in [5.41, 5.74) is 0.836. The summed E-state index contributed by atoms with van der Waals surface area (Å²) in [4.78, 5) is 3.02. The van der Waals surface area contributed by atoms with Crippen molar-refractivity contribution >= 4 is 26.8 Å². The number of aromatic nitrogens is 1. The third-order valence-electron chi connectivity index (χ3n) is 3.70.